The summed E-state index contributed by atoms with van der Waals surface area (Å²) in [6.45, 7) is 2.81. The Morgan fingerprint density at radius 1 is 1.10 bits per heavy atom. The molecule has 1 fully saturated rings. The molecule has 1 aliphatic rings. The number of fused-ring (bicyclic) bond motifs is 1. The van der Waals surface area contributed by atoms with Gasteiger partial charge in [0.1, 0.15) is 17.0 Å². The molecule has 0 N–H and O–H groups in total. The van der Waals surface area contributed by atoms with Crippen molar-refractivity contribution in [3.05, 3.63) is 53.0 Å². The lowest BCUT2D eigenvalue weighted by molar-refractivity contribution is -0.131. The molecule has 10 heteroatoms. The SMILES string of the molecule is O=C(CCc1nc(-c2ccc(Cl)cc2)no1)N1CCN(c2ncnc3sccc23)CC1. The third-order valence-corrected chi connectivity index (χ3v) is 6.37. The van der Waals surface area contributed by atoms with Gasteiger partial charge in [-0.2, -0.15) is 4.98 Å². The summed E-state index contributed by atoms with van der Waals surface area (Å²) in [7, 11) is 0. The molecule has 3 aromatic heterocycles. The third kappa shape index (κ3) is 4.24. The summed E-state index contributed by atoms with van der Waals surface area (Å²) < 4.78 is 5.31. The molecule has 1 saturated heterocycles. The number of carbonyl (C=O) groups excluding carboxylic acids is 1. The van der Waals surface area contributed by atoms with Gasteiger partial charge in [-0.25, -0.2) is 9.97 Å². The van der Waals surface area contributed by atoms with Gasteiger partial charge in [-0.3, -0.25) is 4.79 Å². The summed E-state index contributed by atoms with van der Waals surface area (Å²) in [4.78, 5) is 30.9. The number of aromatic nitrogens is 4. The van der Waals surface area contributed by atoms with Crippen LogP contribution in [0.25, 0.3) is 21.6 Å². The maximum absolute atomic E-state index is 12.7. The molecule has 0 saturated carbocycles. The number of benzene rings is 1. The Hall–Kier alpha value is -3.04. The molecule has 5 rings (SSSR count). The predicted octanol–water partition coefficient (Wildman–Crippen LogP) is 3.68. The molecule has 4 heterocycles. The van der Waals surface area contributed by atoms with Gasteiger partial charge >= 0.3 is 0 Å². The molecule has 0 aliphatic carbocycles. The standard InChI is InChI=1S/C21H19ClN6O2S/c22-15-3-1-14(2-4-15)19-25-17(30-26-19)5-6-18(29)27-8-10-28(11-9-27)20-16-7-12-31-21(16)24-13-23-20/h1-4,7,12-13H,5-6,8-11H2. The average Bonchev–Trinajstić information content (AvgIpc) is 3.47. The lowest BCUT2D eigenvalue weighted by Crippen LogP contribution is -2.49. The summed E-state index contributed by atoms with van der Waals surface area (Å²) >= 11 is 7.52. The highest BCUT2D eigenvalue weighted by molar-refractivity contribution is 7.16. The van der Waals surface area contributed by atoms with Crippen molar-refractivity contribution in [1.82, 2.24) is 25.0 Å². The molecule has 8 nitrogen and oxygen atoms in total. The largest absolute Gasteiger partial charge is 0.352 e. The predicted molar refractivity (Wildman–Crippen MR) is 119 cm³/mol. The van der Waals surface area contributed by atoms with E-state index in [0.29, 0.717) is 42.7 Å². The van der Waals surface area contributed by atoms with Crippen molar-refractivity contribution in [3.8, 4) is 11.4 Å². The van der Waals surface area contributed by atoms with E-state index < -0.39 is 0 Å². The number of aryl methyl sites for hydroxylation is 1. The maximum atomic E-state index is 12.7. The highest BCUT2D eigenvalue weighted by atomic mass is 35.5. The Morgan fingerprint density at radius 2 is 1.90 bits per heavy atom. The van der Waals surface area contributed by atoms with Gasteiger partial charge in [0.05, 0.1) is 5.39 Å². The number of rotatable bonds is 5. The molecule has 1 amide bonds. The summed E-state index contributed by atoms with van der Waals surface area (Å²) in [5.74, 6) is 1.99. The average molecular weight is 455 g/mol. The monoisotopic (exact) mass is 454 g/mol. The van der Waals surface area contributed by atoms with Crippen molar-refractivity contribution < 1.29 is 9.32 Å². The number of nitrogens with zero attached hydrogens (tertiary/aromatic N) is 6. The molecule has 0 radical (unpaired) electrons. The Bertz CT molecular complexity index is 1200. The van der Waals surface area contributed by atoms with Crippen LogP contribution in [0.1, 0.15) is 12.3 Å². The molecular formula is C21H19ClN6O2S. The fraction of sp³-hybridized carbons (Fsp3) is 0.286. The topological polar surface area (TPSA) is 88.3 Å². The van der Waals surface area contributed by atoms with E-state index in [2.05, 4.69) is 31.1 Å². The number of hydrogen-bond acceptors (Lipinski definition) is 8. The zero-order valence-corrected chi connectivity index (χ0v) is 18.1. The molecule has 158 valence electrons. The van der Waals surface area contributed by atoms with Gasteiger partial charge in [-0.1, -0.05) is 16.8 Å². The quantitative estimate of drug-likeness (QED) is 0.454. The Balaban J connectivity index is 1.15. The van der Waals surface area contributed by atoms with Crippen LogP contribution in [0.15, 0.2) is 46.6 Å². The van der Waals surface area contributed by atoms with Crippen LogP contribution in [0, 0.1) is 0 Å². The molecule has 1 aliphatic heterocycles. The first-order chi connectivity index (χ1) is 15.2. The second kappa shape index (κ2) is 8.60. The molecule has 0 bridgehead atoms. The second-order valence-corrected chi connectivity index (χ2v) is 8.55. The number of anilines is 1. The number of carbonyl (C=O) groups is 1. The summed E-state index contributed by atoms with van der Waals surface area (Å²) in [6.07, 6.45) is 2.36. The van der Waals surface area contributed by atoms with Gasteiger partial charge in [0.15, 0.2) is 0 Å². The van der Waals surface area contributed by atoms with Crippen LogP contribution < -0.4 is 4.90 Å². The minimum Gasteiger partial charge on any atom is -0.352 e. The van der Waals surface area contributed by atoms with E-state index in [1.807, 2.05) is 22.4 Å². The highest BCUT2D eigenvalue weighted by Crippen LogP contribution is 2.27. The maximum Gasteiger partial charge on any atom is 0.227 e. The van der Waals surface area contributed by atoms with Crippen molar-refractivity contribution in [3.63, 3.8) is 0 Å². The summed E-state index contributed by atoms with van der Waals surface area (Å²) in [6, 6.07) is 9.28. The Labute approximate surface area is 187 Å². The zero-order chi connectivity index (χ0) is 21.2. The number of halogens is 1. The fourth-order valence-corrected chi connectivity index (χ4v) is 4.49. The van der Waals surface area contributed by atoms with E-state index in [4.69, 9.17) is 16.1 Å². The first-order valence-corrected chi connectivity index (χ1v) is 11.2. The van der Waals surface area contributed by atoms with Crippen LogP contribution >= 0.6 is 22.9 Å². The van der Waals surface area contributed by atoms with Crippen LogP contribution in [0.2, 0.25) is 5.02 Å². The van der Waals surface area contributed by atoms with E-state index in [9.17, 15) is 4.79 Å². The molecular weight excluding hydrogens is 436 g/mol. The van der Waals surface area contributed by atoms with E-state index in [1.165, 1.54) is 0 Å². The van der Waals surface area contributed by atoms with Gasteiger partial charge in [-0.15, -0.1) is 11.3 Å². The minimum absolute atomic E-state index is 0.0919. The van der Waals surface area contributed by atoms with Crippen LogP contribution in [-0.4, -0.2) is 57.1 Å². The van der Waals surface area contributed by atoms with E-state index >= 15 is 0 Å². The minimum atomic E-state index is 0.0919. The van der Waals surface area contributed by atoms with Gasteiger partial charge in [-0.05, 0) is 35.7 Å². The van der Waals surface area contributed by atoms with Crippen molar-refractivity contribution >= 4 is 44.9 Å². The molecule has 0 atom stereocenters. The number of amides is 1. The van der Waals surface area contributed by atoms with Crippen LogP contribution in [0.4, 0.5) is 5.82 Å². The van der Waals surface area contributed by atoms with Crippen molar-refractivity contribution in [2.45, 2.75) is 12.8 Å². The van der Waals surface area contributed by atoms with Gasteiger partial charge < -0.3 is 14.3 Å². The van der Waals surface area contributed by atoms with E-state index in [1.54, 1.807) is 29.8 Å². The molecule has 4 aromatic rings. The highest BCUT2D eigenvalue weighted by Gasteiger charge is 2.23. The van der Waals surface area contributed by atoms with Crippen LogP contribution in [-0.2, 0) is 11.2 Å². The Morgan fingerprint density at radius 3 is 2.71 bits per heavy atom. The fourth-order valence-electron chi connectivity index (χ4n) is 3.64. The lowest BCUT2D eigenvalue weighted by Gasteiger charge is -2.35. The van der Waals surface area contributed by atoms with E-state index in [0.717, 1.165) is 34.7 Å². The zero-order valence-electron chi connectivity index (χ0n) is 16.6. The second-order valence-electron chi connectivity index (χ2n) is 7.22. The smallest absolute Gasteiger partial charge is 0.227 e. The van der Waals surface area contributed by atoms with Crippen molar-refractivity contribution in [1.29, 1.82) is 0 Å². The first-order valence-electron chi connectivity index (χ1n) is 9.97. The van der Waals surface area contributed by atoms with Crippen LogP contribution in [0.5, 0.6) is 0 Å². The normalized spacial score (nSPS) is 14.4. The number of hydrogen-bond donors (Lipinski definition) is 0. The number of piperazine rings is 1. The molecule has 1 aromatic carbocycles. The summed E-state index contributed by atoms with van der Waals surface area (Å²) in [5, 5.41) is 7.74. The Kier molecular flexibility index (Phi) is 5.52. The molecule has 31 heavy (non-hydrogen) atoms. The van der Waals surface area contributed by atoms with E-state index in [-0.39, 0.29) is 5.91 Å². The molecule has 0 spiro atoms. The van der Waals surface area contributed by atoms with Crippen LogP contribution in [0.3, 0.4) is 0 Å². The third-order valence-electron chi connectivity index (χ3n) is 5.30. The lowest BCUT2D eigenvalue weighted by atomic mass is 10.2. The van der Waals surface area contributed by atoms with Crippen molar-refractivity contribution in [2.75, 3.05) is 31.1 Å². The number of thiophene rings is 1. The summed E-state index contributed by atoms with van der Waals surface area (Å²) in [5.41, 5.74) is 0.825. The molecule has 0 unspecified atom stereocenters. The van der Waals surface area contributed by atoms with Gasteiger partial charge in [0.2, 0.25) is 17.6 Å². The van der Waals surface area contributed by atoms with Crippen molar-refractivity contribution in [2.24, 2.45) is 0 Å². The van der Waals surface area contributed by atoms with Gasteiger partial charge in [0.25, 0.3) is 0 Å². The first kappa shape index (κ1) is 19.9. The van der Waals surface area contributed by atoms with Gasteiger partial charge in [0, 0.05) is 49.6 Å².